The zero-order valence-electron chi connectivity index (χ0n) is 5.61. The Kier molecular flexibility index (Phi) is 2.73. The highest BCUT2D eigenvalue weighted by Gasteiger charge is 2.29. The van der Waals surface area contributed by atoms with Crippen LogP contribution in [0.1, 0.15) is 19.8 Å². The van der Waals surface area contributed by atoms with Crippen molar-refractivity contribution in [3.63, 3.8) is 0 Å². The number of halogens is 2. The SMILES string of the molecule is C[C@@H]1C[C@@H](CI)C[C@H]1F. The van der Waals surface area contributed by atoms with Gasteiger partial charge in [-0.15, -0.1) is 0 Å². The largest absolute Gasteiger partial charge is 0.247 e. The van der Waals surface area contributed by atoms with Gasteiger partial charge < -0.3 is 0 Å². The molecular formula is C7H12FI. The maximum Gasteiger partial charge on any atom is 0.103 e. The molecule has 1 fully saturated rings. The fraction of sp³-hybridized carbons (Fsp3) is 1.00. The highest BCUT2D eigenvalue weighted by atomic mass is 127. The predicted molar refractivity (Wildman–Crippen MR) is 45.7 cm³/mol. The molecule has 9 heavy (non-hydrogen) atoms. The first-order chi connectivity index (χ1) is 4.24. The molecule has 0 bridgehead atoms. The zero-order chi connectivity index (χ0) is 6.85. The van der Waals surface area contributed by atoms with Crippen LogP contribution in [0.4, 0.5) is 4.39 Å². The van der Waals surface area contributed by atoms with Crippen molar-refractivity contribution in [2.75, 3.05) is 4.43 Å². The third-order valence-electron chi connectivity index (χ3n) is 2.10. The first kappa shape index (κ1) is 7.76. The third-order valence-corrected chi connectivity index (χ3v) is 3.34. The molecular weight excluding hydrogens is 230 g/mol. The lowest BCUT2D eigenvalue weighted by atomic mass is 10.1. The summed E-state index contributed by atoms with van der Waals surface area (Å²) in [6, 6.07) is 0. The van der Waals surface area contributed by atoms with Crippen LogP contribution in [0.3, 0.4) is 0 Å². The summed E-state index contributed by atoms with van der Waals surface area (Å²) in [6.07, 6.45) is 1.40. The summed E-state index contributed by atoms with van der Waals surface area (Å²) >= 11 is 2.34. The quantitative estimate of drug-likeness (QED) is 0.490. The van der Waals surface area contributed by atoms with E-state index in [-0.39, 0.29) is 0 Å². The molecule has 0 aromatic heterocycles. The van der Waals surface area contributed by atoms with Gasteiger partial charge in [0.2, 0.25) is 0 Å². The van der Waals surface area contributed by atoms with Gasteiger partial charge in [-0.05, 0) is 24.7 Å². The second-order valence-electron chi connectivity index (χ2n) is 2.99. The van der Waals surface area contributed by atoms with Crippen LogP contribution in [0.2, 0.25) is 0 Å². The summed E-state index contributed by atoms with van der Waals surface area (Å²) in [7, 11) is 0. The van der Waals surface area contributed by atoms with Crippen molar-refractivity contribution in [1.29, 1.82) is 0 Å². The second-order valence-corrected chi connectivity index (χ2v) is 3.87. The molecule has 0 nitrogen and oxygen atoms in total. The molecule has 54 valence electrons. The van der Waals surface area contributed by atoms with Crippen molar-refractivity contribution >= 4 is 22.6 Å². The highest BCUT2D eigenvalue weighted by Crippen LogP contribution is 2.33. The molecule has 0 unspecified atom stereocenters. The third kappa shape index (κ3) is 1.79. The molecule has 0 aromatic rings. The van der Waals surface area contributed by atoms with Crippen LogP contribution in [0, 0.1) is 11.8 Å². The fourth-order valence-corrected chi connectivity index (χ4v) is 2.17. The maximum absolute atomic E-state index is 12.8. The average molecular weight is 242 g/mol. The minimum absolute atomic E-state index is 0.324. The van der Waals surface area contributed by atoms with Crippen molar-refractivity contribution in [3.8, 4) is 0 Å². The van der Waals surface area contributed by atoms with Gasteiger partial charge >= 0.3 is 0 Å². The molecule has 0 N–H and O–H groups in total. The predicted octanol–water partition coefficient (Wildman–Crippen LogP) is 2.81. The van der Waals surface area contributed by atoms with Crippen molar-refractivity contribution in [3.05, 3.63) is 0 Å². The maximum atomic E-state index is 12.8. The monoisotopic (exact) mass is 242 g/mol. The van der Waals surface area contributed by atoms with E-state index in [0.29, 0.717) is 11.8 Å². The van der Waals surface area contributed by atoms with E-state index in [2.05, 4.69) is 22.6 Å². The van der Waals surface area contributed by atoms with Gasteiger partial charge in [-0.3, -0.25) is 0 Å². The Bertz CT molecular complexity index is 84.9. The van der Waals surface area contributed by atoms with E-state index in [9.17, 15) is 4.39 Å². The first-order valence-electron chi connectivity index (χ1n) is 3.44. The number of hydrogen-bond donors (Lipinski definition) is 0. The van der Waals surface area contributed by atoms with Crippen LogP contribution in [0.25, 0.3) is 0 Å². The topological polar surface area (TPSA) is 0 Å². The number of hydrogen-bond acceptors (Lipinski definition) is 0. The van der Waals surface area contributed by atoms with E-state index in [1.54, 1.807) is 0 Å². The van der Waals surface area contributed by atoms with Crippen LogP contribution in [-0.2, 0) is 0 Å². The molecule has 1 aliphatic carbocycles. The van der Waals surface area contributed by atoms with Crippen LogP contribution < -0.4 is 0 Å². The first-order valence-corrected chi connectivity index (χ1v) is 4.96. The van der Waals surface area contributed by atoms with Gasteiger partial charge in [0.1, 0.15) is 6.17 Å². The number of rotatable bonds is 1. The highest BCUT2D eigenvalue weighted by molar-refractivity contribution is 14.1. The van der Waals surface area contributed by atoms with Crippen molar-refractivity contribution in [2.24, 2.45) is 11.8 Å². The molecule has 0 radical (unpaired) electrons. The van der Waals surface area contributed by atoms with Crippen LogP contribution in [-0.4, -0.2) is 10.6 Å². The number of alkyl halides is 2. The fourth-order valence-electron chi connectivity index (χ4n) is 1.45. The van der Waals surface area contributed by atoms with Crippen LogP contribution >= 0.6 is 22.6 Å². The summed E-state index contributed by atoms with van der Waals surface area (Å²) in [4.78, 5) is 0. The van der Waals surface area contributed by atoms with Gasteiger partial charge in [0.25, 0.3) is 0 Å². The summed E-state index contributed by atoms with van der Waals surface area (Å²) < 4.78 is 13.9. The van der Waals surface area contributed by atoms with E-state index in [1.165, 1.54) is 0 Å². The molecule has 0 aromatic carbocycles. The van der Waals surface area contributed by atoms with Gasteiger partial charge in [0, 0.05) is 4.43 Å². The lowest BCUT2D eigenvalue weighted by Crippen LogP contribution is -2.01. The molecule has 1 rings (SSSR count). The Morgan fingerprint density at radius 2 is 2.22 bits per heavy atom. The van der Waals surface area contributed by atoms with Gasteiger partial charge in [-0.25, -0.2) is 4.39 Å². The Labute approximate surface area is 69.4 Å². The van der Waals surface area contributed by atoms with E-state index in [0.717, 1.165) is 17.3 Å². The van der Waals surface area contributed by atoms with E-state index < -0.39 is 6.17 Å². The Morgan fingerprint density at radius 1 is 1.56 bits per heavy atom. The molecule has 1 saturated carbocycles. The van der Waals surface area contributed by atoms with Gasteiger partial charge in [0.05, 0.1) is 0 Å². The molecule has 0 spiro atoms. The van der Waals surface area contributed by atoms with E-state index >= 15 is 0 Å². The standard InChI is InChI=1S/C7H12FI/c1-5-2-6(4-9)3-7(5)8/h5-7H,2-4H2,1H3/t5-,6-,7-/m1/s1. The normalized spacial score (nSPS) is 43.7. The van der Waals surface area contributed by atoms with Crippen molar-refractivity contribution in [1.82, 2.24) is 0 Å². The molecule has 2 heteroatoms. The van der Waals surface area contributed by atoms with Crippen LogP contribution in [0.5, 0.6) is 0 Å². The second kappa shape index (κ2) is 3.17. The Balaban J connectivity index is 2.35. The zero-order valence-corrected chi connectivity index (χ0v) is 7.77. The lowest BCUT2D eigenvalue weighted by molar-refractivity contribution is 0.276. The van der Waals surface area contributed by atoms with E-state index in [1.807, 2.05) is 6.92 Å². The molecule has 0 heterocycles. The van der Waals surface area contributed by atoms with Crippen LogP contribution in [0.15, 0.2) is 0 Å². The summed E-state index contributed by atoms with van der Waals surface area (Å²) in [6.45, 7) is 2.01. The average Bonchev–Trinajstić information content (AvgIpc) is 2.13. The van der Waals surface area contributed by atoms with Crippen molar-refractivity contribution < 1.29 is 4.39 Å². The summed E-state index contributed by atoms with van der Waals surface area (Å²) in [5, 5.41) is 0. The minimum atomic E-state index is -0.509. The molecule has 1 aliphatic rings. The Morgan fingerprint density at radius 3 is 2.44 bits per heavy atom. The molecule has 0 amide bonds. The minimum Gasteiger partial charge on any atom is -0.247 e. The summed E-state index contributed by atoms with van der Waals surface area (Å²) in [5.41, 5.74) is 0. The smallest absolute Gasteiger partial charge is 0.103 e. The molecule has 0 saturated heterocycles. The van der Waals surface area contributed by atoms with Gasteiger partial charge in [-0.1, -0.05) is 29.5 Å². The lowest BCUT2D eigenvalue weighted by Gasteiger charge is -2.01. The summed E-state index contributed by atoms with van der Waals surface area (Å²) in [5.74, 6) is 0.986. The van der Waals surface area contributed by atoms with Gasteiger partial charge in [-0.2, -0.15) is 0 Å². The Hall–Kier alpha value is 0.660. The molecule has 0 aliphatic heterocycles. The van der Waals surface area contributed by atoms with E-state index in [4.69, 9.17) is 0 Å². The molecule has 3 atom stereocenters. The van der Waals surface area contributed by atoms with Crippen molar-refractivity contribution in [2.45, 2.75) is 25.9 Å². The van der Waals surface area contributed by atoms with Gasteiger partial charge in [0.15, 0.2) is 0 Å².